The third kappa shape index (κ3) is 3.96. The molecule has 1 heterocycles. The summed E-state index contributed by atoms with van der Waals surface area (Å²) in [5.41, 5.74) is 1.17. The quantitative estimate of drug-likeness (QED) is 0.668. The van der Waals surface area contributed by atoms with Crippen LogP contribution in [-0.4, -0.2) is 21.1 Å². The largest absolute Gasteiger partial charge is 0.325 e. The summed E-state index contributed by atoms with van der Waals surface area (Å²) >= 11 is 1.22. The van der Waals surface area contributed by atoms with Crippen LogP contribution in [0.25, 0.3) is 0 Å². The summed E-state index contributed by atoms with van der Waals surface area (Å²) < 4.78 is 0. The van der Waals surface area contributed by atoms with Crippen LogP contribution in [0.5, 0.6) is 0 Å². The van der Waals surface area contributed by atoms with Gasteiger partial charge in [0.1, 0.15) is 0 Å². The first-order valence-electron chi connectivity index (χ1n) is 6.15. The molecule has 104 valence electrons. The van der Waals surface area contributed by atoms with Crippen LogP contribution in [0.1, 0.15) is 12.6 Å². The van der Waals surface area contributed by atoms with Crippen LogP contribution >= 0.6 is 11.8 Å². The normalized spacial score (nSPS) is 11.9. The van der Waals surface area contributed by atoms with Gasteiger partial charge in [-0.05, 0) is 26.0 Å². The van der Waals surface area contributed by atoms with Crippen molar-refractivity contribution in [2.75, 3.05) is 5.32 Å². The first-order valence-corrected chi connectivity index (χ1v) is 7.03. The Morgan fingerprint density at radius 1 is 1.35 bits per heavy atom. The lowest BCUT2D eigenvalue weighted by Gasteiger charge is -2.11. The molecule has 0 aliphatic heterocycles. The van der Waals surface area contributed by atoms with E-state index in [0.717, 1.165) is 5.69 Å². The van der Waals surface area contributed by atoms with Gasteiger partial charge in [-0.25, -0.2) is 4.98 Å². The molecule has 1 amide bonds. The molecule has 0 aliphatic rings. The number of benzene rings is 1. The summed E-state index contributed by atoms with van der Waals surface area (Å²) in [6.07, 6.45) is 0. The van der Waals surface area contributed by atoms with Crippen LogP contribution in [0.3, 0.4) is 0 Å². The van der Waals surface area contributed by atoms with E-state index >= 15 is 0 Å². The molecule has 0 radical (unpaired) electrons. The number of para-hydroxylation sites is 1. The van der Waals surface area contributed by atoms with Crippen molar-refractivity contribution in [1.82, 2.24) is 9.97 Å². The smallest absolute Gasteiger partial charge is 0.251 e. The second-order valence-corrected chi connectivity index (χ2v) is 5.64. The van der Waals surface area contributed by atoms with Crippen molar-refractivity contribution in [3.8, 4) is 0 Å². The Labute approximate surface area is 120 Å². The molecule has 2 N–H and O–H groups in total. The number of rotatable bonds is 4. The minimum absolute atomic E-state index is 0.134. The molecule has 0 bridgehead atoms. The Bertz CT molecular complexity index is 655. The molecular weight excluding hydrogens is 274 g/mol. The van der Waals surface area contributed by atoms with Crippen LogP contribution in [0.4, 0.5) is 5.69 Å². The van der Waals surface area contributed by atoms with Crippen molar-refractivity contribution in [2.45, 2.75) is 24.3 Å². The Balaban J connectivity index is 2.02. The summed E-state index contributed by atoms with van der Waals surface area (Å²) in [5, 5.41) is 2.90. The monoisotopic (exact) mass is 289 g/mol. The standard InChI is InChI=1S/C14H15N3O2S/c1-9-8-12(18)17-14(15-9)20-10(2)13(19)16-11-6-4-3-5-7-11/h3-8,10H,1-2H3,(H,16,19)(H,15,17,18)/t10-/m1/s1. The van der Waals surface area contributed by atoms with E-state index in [1.165, 1.54) is 17.8 Å². The first-order chi connectivity index (χ1) is 9.54. The highest BCUT2D eigenvalue weighted by Gasteiger charge is 2.16. The van der Waals surface area contributed by atoms with Crippen LogP contribution in [-0.2, 0) is 4.79 Å². The fourth-order valence-corrected chi connectivity index (χ4v) is 2.45. The lowest BCUT2D eigenvalue weighted by Crippen LogP contribution is -2.23. The summed E-state index contributed by atoms with van der Waals surface area (Å²) in [7, 11) is 0. The Morgan fingerprint density at radius 2 is 2.05 bits per heavy atom. The molecule has 20 heavy (non-hydrogen) atoms. The first kappa shape index (κ1) is 14.3. The number of H-pyrrole nitrogens is 1. The lowest BCUT2D eigenvalue weighted by atomic mass is 10.3. The van der Waals surface area contributed by atoms with E-state index in [9.17, 15) is 9.59 Å². The van der Waals surface area contributed by atoms with Crippen molar-refractivity contribution in [3.05, 3.63) is 52.4 Å². The predicted octanol–water partition coefficient (Wildman–Crippen LogP) is 2.20. The highest BCUT2D eigenvalue weighted by molar-refractivity contribution is 8.00. The maximum atomic E-state index is 12.0. The predicted molar refractivity (Wildman–Crippen MR) is 80.0 cm³/mol. The molecule has 0 fully saturated rings. The van der Waals surface area contributed by atoms with E-state index in [0.29, 0.717) is 10.9 Å². The molecule has 1 atom stereocenters. The molecule has 5 nitrogen and oxygen atoms in total. The summed E-state index contributed by atoms with van der Waals surface area (Å²) in [5.74, 6) is -0.134. The average Bonchev–Trinajstić information content (AvgIpc) is 2.38. The van der Waals surface area contributed by atoms with Gasteiger partial charge in [-0.15, -0.1) is 0 Å². The molecule has 0 saturated heterocycles. The van der Waals surface area contributed by atoms with Crippen LogP contribution < -0.4 is 10.9 Å². The fraction of sp³-hybridized carbons (Fsp3) is 0.214. The van der Waals surface area contributed by atoms with Crippen molar-refractivity contribution in [2.24, 2.45) is 0 Å². The van der Waals surface area contributed by atoms with Crippen molar-refractivity contribution in [3.63, 3.8) is 0 Å². The zero-order chi connectivity index (χ0) is 14.5. The highest BCUT2D eigenvalue weighted by Crippen LogP contribution is 2.19. The second-order valence-electron chi connectivity index (χ2n) is 4.31. The van der Waals surface area contributed by atoms with E-state index in [4.69, 9.17) is 0 Å². The summed E-state index contributed by atoms with van der Waals surface area (Å²) in [6.45, 7) is 3.51. The number of anilines is 1. The molecule has 0 saturated carbocycles. The highest BCUT2D eigenvalue weighted by atomic mass is 32.2. The maximum Gasteiger partial charge on any atom is 0.251 e. The van der Waals surface area contributed by atoms with E-state index < -0.39 is 0 Å². The van der Waals surface area contributed by atoms with E-state index in [1.54, 1.807) is 13.8 Å². The minimum atomic E-state index is -0.361. The molecule has 2 aromatic rings. The number of aryl methyl sites for hydroxylation is 1. The maximum absolute atomic E-state index is 12.0. The Morgan fingerprint density at radius 3 is 2.70 bits per heavy atom. The van der Waals surface area contributed by atoms with Gasteiger partial charge in [0.2, 0.25) is 5.91 Å². The van der Waals surface area contributed by atoms with Crippen LogP contribution in [0, 0.1) is 6.92 Å². The van der Waals surface area contributed by atoms with Crippen LogP contribution in [0.15, 0.2) is 46.3 Å². The number of carbonyl (C=O) groups excluding carboxylic acids is 1. The Hall–Kier alpha value is -2.08. The van der Waals surface area contributed by atoms with Crippen molar-refractivity contribution < 1.29 is 4.79 Å². The number of thioether (sulfide) groups is 1. The molecule has 6 heteroatoms. The number of nitrogens with one attached hydrogen (secondary N) is 2. The zero-order valence-corrected chi connectivity index (χ0v) is 12.0. The summed E-state index contributed by atoms with van der Waals surface area (Å²) in [4.78, 5) is 30.2. The minimum Gasteiger partial charge on any atom is -0.325 e. The van der Waals surface area contributed by atoms with Crippen molar-refractivity contribution in [1.29, 1.82) is 0 Å². The van der Waals surface area contributed by atoms with Gasteiger partial charge >= 0.3 is 0 Å². The molecule has 0 spiro atoms. The Kier molecular flexibility index (Phi) is 4.57. The number of hydrogen-bond acceptors (Lipinski definition) is 4. The molecule has 0 unspecified atom stereocenters. The number of carbonyl (C=O) groups is 1. The number of nitrogens with zero attached hydrogens (tertiary/aromatic N) is 1. The number of amides is 1. The fourth-order valence-electron chi connectivity index (χ4n) is 1.59. The van der Waals surface area contributed by atoms with Gasteiger partial charge in [0, 0.05) is 17.4 Å². The van der Waals surface area contributed by atoms with Gasteiger partial charge in [-0.3, -0.25) is 9.59 Å². The SMILES string of the molecule is Cc1cc(=O)[nH]c(S[C@H](C)C(=O)Nc2ccccc2)n1. The topological polar surface area (TPSA) is 74.8 Å². The van der Waals surface area contributed by atoms with Crippen LogP contribution in [0.2, 0.25) is 0 Å². The lowest BCUT2D eigenvalue weighted by molar-refractivity contribution is -0.115. The molecule has 0 aliphatic carbocycles. The third-order valence-corrected chi connectivity index (χ3v) is 3.53. The summed E-state index contributed by atoms with van der Waals surface area (Å²) in [6, 6.07) is 10.7. The van der Waals surface area contributed by atoms with E-state index in [-0.39, 0.29) is 16.7 Å². The molecule has 1 aromatic heterocycles. The number of aromatic nitrogens is 2. The average molecular weight is 289 g/mol. The van der Waals surface area contributed by atoms with Gasteiger partial charge in [0.15, 0.2) is 5.16 Å². The van der Waals surface area contributed by atoms with Gasteiger partial charge < -0.3 is 10.3 Å². The molecule has 1 aromatic carbocycles. The second kappa shape index (κ2) is 6.38. The van der Waals surface area contributed by atoms with Gasteiger partial charge in [-0.2, -0.15) is 0 Å². The molecular formula is C14H15N3O2S. The molecule has 2 rings (SSSR count). The van der Waals surface area contributed by atoms with E-state index in [2.05, 4.69) is 15.3 Å². The van der Waals surface area contributed by atoms with Crippen molar-refractivity contribution >= 4 is 23.4 Å². The number of aromatic amines is 1. The van der Waals surface area contributed by atoms with Gasteiger partial charge in [0.25, 0.3) is 5.56 Å². The van der Waals surface area contributed by atoms with Gasteiger partial charge in [-0.1, -0.05) is 30.0 Å². The number of hydrogen-bond donors (Lipinski definition) is 2. The zero-order valence-electron chi connectivity index (χ0n) is 11.2. The van der Waals surface area contributed by atoms with Gasteiger partial charge in [0.05, 0.1) is 5.25 Å². The third-order valence-electron chi connectivity index (χ3n) is 2.55. The van der Waals surface area contributed by atoms with E-state index in [1.807, 2.05) is 30.3 Å².